The van der Waals surface area contributed by atoms with Gasteiger partial charge < -0.3 is 10.6 Å². The number of carbonyl (C=O) groups is 1. The Balaban J connectivity index is 2.05. The lowest BCUT2D eigenvalue weighted by Crippen LogP contribution is -2.42. The van der Waals surface area contributed by atoms with Crippen molar-refractivity contribution >= 4 is 5.91 Å². The number of hydrogen-bond acceptors (Lipinski definition) is 4. The Labute approximate surface area is 96.8 Å². The third kappa shape index (κ3) is 4.60. The summed E-state index contributed by atoms with van der Waals surface area (Å²) in [6.45, 7) is 5.71. The van der Waals surface area contributed by atoms with E-state index < -0.39 is 0 Å². The molecule has 0 spiro atoms. The van der Waals surface area contributed by atoms with E-state index in [1.165, 1.54) is 25.9 Å². The van der Waals surface area contributed by atoms with E-state index in [9.17, 15) is 4.79 Å². The summed E-state index contributed by atoms with van der Waals surface area (Å²) in [5.74, 6) is -0.116. The second kappa shape index (κ2) is 7.20. The van der Waals surface area contributed by atoms with E-state index in [1.54, 1.807) is 0 Å². The number of nitrogens with zero attached hydrogens (tertiary/aromatic N) is 2. The normalized spacial score (nSPS) is 18.0. The van der Waals surface area contributed by atoms with Gasteiger partial charge in [0.25, 0.3) is 0 Å². The molecule has 1 fully saturated rings. The van der Waals surface area contributed by atoms with Crippen molar-refractivity contribution in [2.45, 2.75) is 25.8 Å². The molecular weight excluding hydrogens is 204 g/mol. The molecule has 90 valence electrons. The average Bonchev–Trinajstić information content (AvgIpc) is 2.79. The number of amides is 1. The van der Waals surface area contributed by atoms with Gasteiger partial charge in [0.2, 0.25) is 5.91 Å². The van der Waals surface area contributed by atoms with E-state index in [0.717, 1.165) is 6.54 Å². The molecule has 0 aromatic rings. The number of nitrogens with one attached hydrogen (secondary N) is 2. The zero-order valence-electron chi connectivity index (χ0n) is 9.83. The Morgan fingerprint density at radius 3 is 2.81 bits per heavy atom. The summed E-state index contributed by atoms with van der Waals surface area (Å²) in [7, 11) is 0. The van der Waals surface area contributed by atoms with Crippen molar-refractivity contribution in [3.63, 3.8) is 0 Å². The zero-order chi connectivity index (χ0) is 11.8. The fourth-order valence-corrected chi connectivity index (χ4v) is 1.91. The van der Waals surface area contributed by atoms with Crippen molar-refractivity contribution in [3.05, 3.63) is 0 Å². The molecular formula is C11H20N4O. The number of likely N-dealkylation sites (tertiary alicyclic amines) is 1. The summed E-state index contributed by atoms with van der Waals surface area (Å²) in [4.78, 5) is 13.6. The maximum atomic E-state index is 11.2. The third-order valence-electron chi connectivity index (χ3n) is 2.85. The average molecular weight is 224 g/mol. The maximum Gasteiger partial charge on any atom is 0.234 e. The lowest BCUT2D eigenvalue weighted by atomic mass is 10.3. The molecule has 0 aromatic carbocycles. The molecule has 0 radical (unpaired) electrons. The molecule has 0 saturated carbocycles. The Kier molecular flexibility index (Phi) is 5.83. The van der Waals surface area contributed by atoms with Crippen LogP contribution in [0.1, 0.15) is 19.8 Å². The largest absolute Gasteiger partial charge is 0.342 e. The summed E-state index contributed by atoms with van der Waals surface area (Å²) in [5.41, 5.74) is 0. The number of hydrogen-bond donors (Lipinski definition) is 2. The Morgan fingerprint density at radius 2 is 2.19 bits per heavy atom. The lowest BCUT2D eigenvalue weighted by Gasteiger charge is -2.23. The number of carbonyl (C=O) groups excluding carboxylic acids is 1. The fourth-order valence-electron chi connectivity index (χ4n) is 1.91. The second-order valence-corrected chi connectivity index (χ2v) is 4.16. The Bertz CT molecular complexity index is 255. The van der Waals surface area contributed by atoms with E-state index in [1.807, 2.05) is 6.07 Å². The first-order chi connectivity index (χ1) is 7.74. The highest BCUT2D eigenvalue weighted by Crippen LogP contribution is 2.10. The van der Waals surface area contributed by atoms with Crippen LogP contribution in [0.4, 0.5) is 0 Å². The lowest BCUT2D eigenvalue weighted by molar-refractivity contribution is -0.120. The highest BCUT2D eigenvalue weighted by molar-refractivity contribution is 5.78. The van der Waals surface area contributed by atoms with Crippen molar-refractivity contribution < 1.29 is 4.79 Å². The molecule has 0 aromatic heterocycles. The van der Waals surface area contributed by atoms with E-state index in [2.05, 4.69) is 22.5 Å². The smallest absolute Gasteiger partial charge is 0.234 e. The second-order valence-electron chi connectivity index (χ2n) is 4.16. The van der Waals surface area contributed by atoms with Crippen molar-refractivity contribution in [1.82, 2.24) is 15.5 Å². The van der Waals surface area contributed by atoms with Crippen molar-refractivity contribution in [1.29, 1.82) is 5.26 Å². The molecule has 5 heteroatoms. The van der Waals surface area contributed by atoms with Gasteiger partial charge >= 0.3 is 0 Å². The van der Waals surface area contributed by atoms with Crippen LogP contribution in [-0.4, -0.2) is 49.6 Å². The van der Waals surface area contributed by atoms with Crippen LogP contribution in [0.2, 0.25) is 0 Å². The minimum Gasteiger partial charge on any atom is -0.342 e. The molecule has 1 unspecified atom stereocenters. The maximum absolute atomic E-state index is 11.2. The Hall–Kier alpha value is -1.12. The highest BCUT2D eigenvalue weighted by Gasteiger charge is 2.17. The van der Waals surface area contributed by atoms with Gasteiger partial charge in [-0.2, -0.15) is 5.26 Å². The van der Waals surface area contributed by atoms with Crippen molar-refractivity contribution in [3.8, 4) is 6.07 Å². The van der Waals surface area contributed by atoms with E-state index >= 15 is 0 Å². The zero-order valence-corrected chi connectivity index (χ0v) is 9.83. The first-order valence-corrected chi connectivity index (χ1v) is 5.82. The van der Waals surface area contributed by atoms with Gasteiger partial charge in [0, 0.05) is 12.6 Å². The minimum atomic E-state index is -0.116. The van der Waals surface area contributed by atoms with Gasteiger partial charge in [-0.25, -0.2) is 0 Å². The first-order valence-electron chi connectivity index (χ1n) is 5.82. The van der Waals surface area contributed by atoms with Crippen molar-refractivity contribution in [2.24, 2.45) is 0 Å². The van der Waals surface area contributed by atoms with Crippen LogP contribution in [0, 0.1) is 11.3 Å². The Morgan fingerprint density at radius 1 is 1.50 bits per heavy atom. The van der Waals surface area contributed by atoms with Gasteiger partial charge in [-0.15, -0.1) is 0 Å². The SMILES string of the molecule is CC(CNCC(=O)NCC#N)N1CCCC1. The van der Waals surface area contributed by atoms with Crippen LogP contribution < -0.4 is 10.6 Å². The summed E-state index contributed by atoms with van der Waals surface area (Å²) >= 11 is 0. The van der Waals surface area contributed by atoms with Gasteiger partial charge in [-0.05, 0) is 32.9 Å². The highest BCUT2D eigenvalue weighted by atomic mass is 16.1. The molecule has 1 amide bonds. The van der Waals surface area contributed by atoms with Crippen LogP contribution in [0.5, 0.6) is 0 Å². The minimum absolute atomic E-state index is 0.0855. The molecule has 0 bridgehead atoms. The molecule has 1 atom stereocenters. The third-order valence-corrected chi connectivity index (χ3v) is 2.85. The van der Waals surface area contributed by atoms with Crippen LogP contribution in [0.25, 0.3) is 0 Å². The molecule has 1 aliphatic heterocycles. The first kappa shape index (κ1) is 12.9. The van der Waals surface area contributed by atoms with Gasteiger partial charge in [0.1, 0.15) is 6.54 Å². The standard InChI is InChI=1S/C11H20N4O/c1-10(15-6-2-3-7-15)8-13-9-11(16)14-5-4-12/h10,13H,2-3,5-9H2,1H3,(H,14,16). The van der Waals surface area contributed by atoms with Crippen LogP contribution in [-0.2, 0) is 4.79 Å². The summed E-state index contributed by atoms with van der Waals surface area (Å²) < 4.78 is 0. The van der Waals surface area contributed by atoms with Crippen LogP contribution >= 0.6 is 0 Å². The molecule has 5 nitrogen and oxygen atoms in total. The van der Waals surface area contributed by atoms with Crippen LogP contribution in [0.15, 0.2) is 0 Å². The molecule has 2 N–H and O–H groups in total. The number of rotatable bonds is 6. The fraction of sp³-hybridized carbons (Fsp3) is 0.818. The van der Waals surface area contributed by atoms with E-state index in [-0.39, 0.29) is 12.5 Å². The van der Waals surface area contributed by atoms with Gasteiger partial charge in [0.05, 0.1) is 12.6 Å². The topological polar surface area (TPSA) is 68.2 Å². The molecule has 16 heavy (non-hydrogen) atoms. The van der Waals surface area contributed by atoms with E-state index in [4.69, 9.17) is 5.26 Å². The molecule has 1 rings (SSSR count). The van der Waals surface area contributed by atoms with Crippen LogP contribution in [0.3, 0.4) is 0 Å². The quantitative estimate of drug-likeness (QED) is 0.608. The number of nitriles is 1. The van der Waals surface area contributed by atoms with E-state index in [0.29, 0.717) is 12.6 Å². The predicted octanol–water partition coefficient (Wildman–Crippen LogP) is -0.300. The summed E-state index contributed by atoms with van der Waals surface area (Å²) in [6, 6.07) is 2.35. The van der Waals surface area contributed by atoms with Gasteiger partial charge in [0.15, 0.2) is 0 Å². The van der Waals surface area contributed by atoms with Gasteiger partial charge in [-0.3, -0.25) is 9.69 Å². The summed E-state index contributed by atoms with van der Waals surface area (Å²) in [5, 5.41) is 13.9. The summed E-state index contributed by atoms with van der Waals surface area (Å²) in [6.07, 6.45) is 2.57. The monoisotopic (exact) mass is 224 g/mol. The van der Waals surface area contributed by atoms with Crippen molar-refractivity contribution in [2.75, 3.05) is 32.7 Å². The molecule has 0 aliphatic carbocycles. The molecule has 1 heterocycles. The molecule has 1 saturated heterocycles. The van der Waals surface area contributed by atoms with Gasteiger partial charge in [-0.1, -0.05) is 0 Å². The predicted molar refractivity (Wildman–Crippen MR) is 61.8 cm³/mol. The molecule has 1 aliphatic rings.